The first kappa shape index (κ1) is 16.1. The molecule has 0 fully saturated rings. The van der Waals surface area contributed by atoms with Gasteiger partial charge in [0, 0.05) is 12.4 Å². The zero-order valence-electron chi connectivity index (χ0n) is 11.0. The van der Waals surface area contributed by atoms with E-state index in [-0.39, 0.29) is 11.6 Å². The Morgan fingerprint density at radius 3 is 2.47 bits per heavy atom. The molecule has 0 saturated heterocycles. The normalized spacial score (nSPS) is 11.3. The van der Waals surface area contributed by atoms with Crippen molar-refractivity contribution >= 4 is 21.6 Å². The van der Waals surface area contributed by atoms with E-state index in [0.717, 1.165) is 5.56 Å². The summed E-state index contributed by atoms with van der Waals surface area (Å²) in [6.07, 6.45) is 0.571. The van der Waals surface area contributed by atoms with Gasteiger partial charge in [-0.25, -0.2) is 13.1 Å². The molecule has 0 aliphatic heterocycles. The van der Waals surface area contributed by atoms with E-state index < -0.39 is 10.0 Å². The molecule has 0 bridgehead atoms. The first-order valence-electron chi connectivity index (χ1n) is 5.76. The molecule has 0 atom stereocenters. The summed E-state index contributed by atoms with van der Waals surface area (Å²) >= 11 is 5.41. The molecule has 1 rings (SSSR count). The van der Waals surface area contributed by atoms with Crippen LogP contribution in [-0.2, 0) is 16.4 Å². The Morgan fingerprint density at radius 1 is 1.21 bits per heavy atom. The molecular weight excluding hydrogens is 290 g/mol. The summed E-state index contributed by atoms with van der Waals surface area (Å²) < 4.78 is 35.6. The van der Waals surface area contributed by atoms with Gasteiger partial charge in [-0.1, -0.05) is 6.07 Å². The van der Waals surface area contributed by atoms with Crippen molar-refractivity contribution in [3.8, 4) is 11.5 Å². The zero-order chi connectivity index (χ0) is 14.3. The second kappa shape index (κ2) is 7.57. The van der Waals surface area contributed by atoms with E-state index in [9.17, 15) is 8.42 Å². The van der Waals surface area contributed by atoms with Crippen LogP contribution in [0, 0.1) is 0 Å². The van der Waals surface area contributed by atoms with Crippen molar-refractivity contribution in [2.24, 2.45) is 0 Å². The number of methoxy groups -OCH3 is 2. The van der Waals surface area contributed by atoms with Gasteiger partial charge < -0.3 is 9.47 Å². The lowest BCUT2D eigenvalue weighted by Crippen LogP contribution is -2.28. The Morgan fingerprint density at radius 2 is 1.89 bits per heavy atom. The van der Waals surface area contributed by atoms with Gasteiger partial charge >= 0.3 is 0 Å². The van der Waals surface area contributed by atoms with Crippen LogP contribution in [-0.4, -0.2) is 40.8 Å². The van der Waals surface area contributed by atoms with Crippen molar-refractivity contribution in [2.45, 2.75) is 6.42 Å². The smallest absolute Gasteiger partial charge is 0.212 e. The lowest BCUT2D eigenvalue weighted by molar-refractivity contribution is 0.354. The Bertz CT molecular complexity index is 504. The molecule has 0 aromatic heterocycles. The lowest BCUT2D eigenvalue weighted by atomic mass is 10.1. The van der Waals surface area contributed by atoms with Crippen LogP contribution in [0.4, 0.5) is 0 Å². The average molecular weight is 308 g/mol. The van der Waals surface area contributed by atoms with Gasteiger partial charge in [0.1, 0.15) is 0 Å². The van der Waals surface area contributed by atoms with E-state index in [1.54, 1.807) is 20.3 Å². The first-order chi connectivity index (χ1) is 9.02. The highest BCUT2D eigenvalue weighted by molar-refractivity contribution is 7.89. The third-order valence-electron chi connectivity index (χ3n) is 2.53. The summed E-state index contributed by atoms with van der Waals surface area (Å²) in [4.78, 5) is 0. The maximum Gasteiger partial charge on any atom is 0.212 e. The summed E-state index contributed by atoms with van der Waals surface area (Å²) in [6, 6.07) is 5.49. The van der Waals surface area contributed by atoms with Crippen molar-refractivity contribution in [3.05, 3.63) is 23.8 Å². The van der Waals surface area contributed by atoms with Gasteiger partial charge in [-0.05, 0) is 24.1 Å². The molecule has 5 nitrogen and oxygen atoms in total. The van der Waals surface area contributed by atoms with Crippen LogP contribution >= 0.6 is 11.6 Å². The minimum Gasteiger partial charge on any atom is -0.493 e. The van der Waals surface area contributed by atoms with Crippen LogP contribution in [0.2, 0.25) is 0 Å². The van der Waals surface area contributed by atoms with Crippen LogP contribution in [0.3, 0.4) is 0 Å². The maximum absolute atomic E-state index is 11.4. The second-order valence-corrected chi connectivity index (χ2v) is 6.15. The van der Waals surface area contributed by atoms with Gasteiger partial charge in [-0.3, -0.25) is 0 Å². The summed E-state index contributed by atoms with van der Waals surface area (Å²) in [5.41, 5.74) is 0.964. The minimum atomic E-state index is -3.27. The van der Waals surface area contributed by atoms with Crippen molar-refractivity contribution in [2.75, 3.05) is 32.4 Å². The molecule has 0 aliphatic rings. The summed E-state index contributed by atoms with van der Waals surface area (Å²) in [5.74, 6) is 1.30. The quantitative estimate of drug-likeness (QED) is 0.737. The Hall–Kier alpha value is -0.980. The van der Waals surface area contributed by atoms with E-state index in [1.807, 2.05) is 12.1 Å². The molecule has 1 aromatic rings. The second-order valence-electron chi connectivity index (χ2n) is 3.84. The molecule has 1 aromatic carbocycles. The third kappa shape index (κ3) is 5.26. The van der Waals surface area contributed by atoms with Gasteiger partial charge in [0.15, 0.2) is 11.5 Å². The number of ether oxygens (including phenoxy) is 2. The number of halogens is 1. The molecule has 0 unspecified atom stereocenters. The van der Waals surface area contributed by atoms with Gasteiger partial charge in [0.25, 0.3) is 0 Å². The monoisotopic (exact) mass is 307 g/mol. The van der Waals surface area contributed by atoms with Crippen LogP contribution in [0.15, 0.2) is 18.2 Å². The summed E-state index contributed by atoms with van der Waals surface area (Å²) in [7, 11) is -0.141. The molecule has 0 amide bonds. The minimum absolute atomic E-state index is 0.0690. The van der Waals surface area contributed by atoms with Gasteiger partial charge in [-0.2, -0.15) is 0 Å². The van der Waals surface area contributed by atoms with Crippen LogP contribution in [0.1, 0.15) is 5.56 Å². The SMILES string of the molecule is COc1ccc(CCNS(=O)(=O)CCCl)cc1OC. The van der Waals surface area contributed by atoms with Crippen molar-refractivity contribution in [1.82, 2.24) is 4.72 Å². The third-order valence-corrected chi connectivity index (χ3v) is 4.33. The Kier molecular flexibility index (Phi) is 6.41. The van der Waals surface area contributed by atoms with E-state index >= 15 is 0 Å². The van der Waals surface area contributed by atoms with Gasteiger partial charge in [0.2, 0.25) is 10.0 Å². The van der Waals surface area contributed by atoms with Crippen LogP contribution in [0.25, 0.3) is 0 Å². The highest BCUT2D eigenvalue weighted by Crippen LogP contribution is 2.27. The van der Waals surface area contributed by atoms with Crippen LogP contribution < -0.4 is 14.2 Å². The molecule has 0 saturated carbocycles. The van der Waals surface area contributed by atoms with Gasteiger partial charge in [-0.15, -0.1) is 11.6 Å². The molecule has 7 heteroatoms. The van der Waals surface area contributed by atoms with E-state index in [0.29, 0.717) is 24.5 Å². The fraction of sp³-hybridized carbons (Fsp3) is 0.500. The predicted octanol–water partition coefficient (Wildman–Crippen LogP) is 1.40. The first-order valence-corrected chi connectivity index (χ1v) is 7.95. The molecule has 0 heterocycles. The largest absolute Gasteiger partial charge is 0.493 e. The molecular formula is C12H18ClNO4S. The number of nitrogens with one attached hydrogen (secondary N) is 1. The fourth-order valence-electron chi connectivity index (χ4n) is 1.56. The number of hydrogen-bond acceptors (Lipinski definition) is 4. The fourth-order valence-corrected chi connectivity index (χ4v) is 2.93. The zero-order valence-corrected chi connectivity index (χ0v) is 12.6. The molecule has 0 spiro atoms. The number of alkyl halides is 1. The number of hydrogen-bond donors (Lipinski definition) is 1. The topological polar surface area (TPSA) is 64.6 Å². The summed E-state index contributed by atoms with van der Waals surface area (Å²) in [6.45, 7) is 0.328. The van der Waals surface area contributed by atoms with Crippen molar-refractivity contribution in [3.63, 3.8) is 0 Å². The molecule has 19 heavy (non-hydrogen) atoms. The highest BCUT2D eigenvalue weighted by Gasteiger charge is 2.09. The molecule has 1 N–H and O–H groups in total. The van der Waals surface area contributed by atoms with E-state index in [2.05, 4.69) is 4.72 Å². The molecule has 0 radical (unpaired) electrons. The summed E-state index contributed by atoms with van der Waals surface area (Å²) in [5, 5.41) is 0. The lowest BCUT2D eigenvalue weighted by Gasteiger charge is -2.10. The highest BCUT2D eigenvalue weighted by atomic mass is 35.5. The Balaban J connectivity index is 2.59. The number of sulfonamides is 1. The predicted molar refractivity (Wildman–Crippen MR) is 75.8 cm³/mol. The number of benzene rings is 1. The van der Waals surface area contributed by atoms with Crippen molar-refractivity contribution in [1.29, 1.82) is 0 Å². The average Bonchev–Trinajstić information content (AvgIpc) is 2.38. The van der Waals surface area contributed by atoms with Gasteiger partial charge in [0.05, 0.1) is 20.0 Å². The van der Waals surface area contributed by atoms with Crippen LogP contribution in [0.5, 0.6) is 11.5 Å². The molecule has 0 aliphatic carbocycles. The van der Waals surface area contributed by atoms with E-state index in [4.69, 9.17) is 21.1 Å². The maximum atomic E-state index is 11.4. The Labute approximate surface area is 118 Å². The van der Waals surface area contributed by atoms with Crippen molar-refractivity contribution < 1.29 is 17.9 Å². The van der Waals surface area contributed by atoms with E-state index in [1.165, 1.54) is 0 Å². The standard InChI is InChI=1S/C12H18ClNO4S/c1-17-11-4-3-10(9-12(11)18-2)5-7-14-19(15,16)8-6-13/h3-4,9,14H,5-8H2,1-2H3. The molecule has 108 valence electrons. The number of rotatable bonds is 8.